The molecule has 36 heavy (non-hydrogen) atoms. The maximum atomic E-state index is 13.2. The molecule has 1 rings (SSSR count). The number of carbonyl (C=O) groups excluding carboxylic acids is 3. The van der Waals surface area contributed by atoms with E-state index in [9.17, 15) is 34.2 Å². The Labute approximate surface area is 209 Å². The van der Waals surface area contributed by atoms with Crippen molar-refractivity contribution in [3.8, 4) is 5.75 Å². The van der Waals surface area contributed by atoms with E-state index < -0.39 is 60.2 Å². The van der Waals surface area contributed by atoms with Crippen LogP contribution in [0.3, 0.4) is 0 Å². The van der Waals surface area contributed by atoms with Gasteiger partial charge in [0.05, 0.1) is 12.5 Å². The van der Waals surface area contributed by atoms with Gasteiger partial charge in [-0.3, -0.25) is 19.2 Å². The van der Waals surface area contributed by atoms with Gasteiger partial charge in [-0.2, -0.15) is 0 Å². The molecule has 0 aliphatic heterocycles. The standard InChI is InChI=1S/C24H36N4O8/c1-12(2)9-16(27-23(34)20(25)13(3)4)21(32)26-17(10-14-5-7-15(29)8-6-14)22(33)28-18(24(35)36)11-19(30)31/h5-8,12-13,16-18,20,29H,9-11,25H2,1-4H3,(H,26,32)(H,27,34)(H,28,33)(H,30,31)(H,35,36). The number of rotatable bonds is 14. The van der Waals surface area contributed by atoms with Gasteiger partial charge in [0.25, 0.3) is 0 Å². The minimum absolute atomic E-state index is 0.00680. The predicted molar refractivity (Wildman–Crippen MR) is 130 cm³/mol. The van der Waals surface area contributed by atoms with Crippen LogP contribution in [-0.2, 0) is 30.4 Å². The summed E-state index contributed by atoms with van der Waals surface area (Å²) in [5.41, 5.74) is 6.43. The molecule has 0 bridgehead atoms. The molecule has 0 spiro atoms. The van der Waals surface area contributed by atoms with Crippen molar-refractivity contribution < 1.29 is 39.3 Å². The number of amides is 3. The first kappa shape index (κ1) is 30.4. The van der Waals surface area contributed by atoms with Gasteiger partial charge in [-0.1, -0.05) is 39.8 Å². The fourth-order valence-corrected chi connectivity index (χ4v) is 3.27. The maximum Gasteiger partial charge on any atom is 0.326 e. The smallest absolute Gasteiger partial charge is 0.326 e. The van der Waals surface area contributed by atoms with Crippen LogP contribution in [0.4, 0.5) is 0 Å². The molecule has 0 aromatic heterocycles. The molecular formula is C24H36N4O8. The zero-order valence-corrected chi connectivity index (χ0v) is 20.9. The van der Waals surface area contributed by atoms with Crippen LogP contribution in [0.25, 0.3) is 0 Å². The van der Waals surface area contributed by atoms with E-state index in [2.05, 4.69) is 16.0 Å². The molecule has 4 unspecified atom stereocenters. The minimum Gasteiger partial charge on any atom is -0.508 e. The van der Waals surface area contributed by atoms with Crippen LogP contribution in [0, 0.1) is 11.8 Å². The summed E-state index contributed by atoms with van der Waals surface area (Å²) in [4.78, 5) is 61.1. The summed E-state index contributed by atoms with van der Waals surface area (Å²) < 4.78 is 0. The Morgan fingerprint density at radius 1 is 0.806 bits per heavy atom. The van der Waals surface area contributed by atoms with E-state index in [0.29, 0.717) is 5.56 Å². The van der Waals surface area contributed by atoms with Crippen LogP contribution < -0.4 is 21.7 Å². The second-order valence-corrected chi connectivity index (χ2v) is 9.39. The lowest BCUT2D eigenvalue weighted by molar-refractivity contribution is -0.147. The van der Waals surface area contributed by atoms with E-state index in [1.165, 1.54) is 24.3 Å². The summed E-state index contributed by atoms with van der Waals surface area (Å²) in [6, 6.07) is 0.901. The molecule has 0 fully saturated rings. The molecule has 1 aromatic carbocycles. The lowest BCUT2D eigenvalue weighted by Crippen LogP contribution is -2.58. The summed E-state index contributed by atoms with van der Waals surface area (Å²) in [7, 11) is 0. The molecule has 12 nitrogen and oxygen atoms in total. The van der Waals surface area contributed by atoms with Crippen molar-refractivity contribution in [2.24, 2.45) is 17.6 Å². The molecule has 1 aromatic rings. The van der Waals surface area contributed by atoms with E-state index in [1.54, 1.807) is 13.8 Å². The van der Waals surface area contributed by atoms with Crippen LogP contribution in [0.15, 0.2) is 24.3 Å². The Kier molecular flexibility index (Phi) is 11.8. The van der Waals surface area contributed by atoms with Gasteiger partial charge in [-0.05, 0) is 36.0 Å². The maximum absolute atomic E-state index is 13.2. The van der Waals surface area contributed by atoms with E-state index in [1.807, 2.05) is 13.8 Å². The van der Waals surface area contributed by atoms with Crippen molar-refractivity contribution in [2.45, 2.75) is 71.1 Å². The van der Waals surface area contributed by atoms with Crippen molar-refractivity contribution in [3.05, 3.63) is 29.8 Å². The molecule has 200 valence electrons. The van der Waals surface area contributed by atoms with Gasteiger partial charge in [0.1, 0.15) is 23.9 Å². The van der Waals surface area contributed by atoms with Gasteiger partial charge in [0.2, 0.25) is 17.7 Å². The Morgan fingerprint density at radius 3 is 1.78 bits per heavy atom. The molecule has 0 aliphatic rings. The number of phenolic OH excluding ortho intramolecular Hbond substituents is 1. The first-order valence-electron chi connectivity index (χ1n) is 11.6. The number of aliphatic carboxylic acids is 2. The number of hydrogen-bond donors (Lipinski definition) is 7. The topological polar surface area (TPSA) is 208 Å². The van der Waals surface area contributed by atoms with Gasteiger partial charge in [-0.15, -0.1) is 0 Å². The first-order valence-corrected chi connectivity index (χ1v) is 11.6. The molecule has 4 atom stereocenters. The van der Waals surface area contributed by atoms with Gasteiger partial charge < -0.3 is 37.0 Å². The summed E-state index contributed by atoms with van der Waals surface area (Å²) >= 11 is 0. The van der Waals surface area contributed by atoms with Crippen molar-refractivity contribution in [3.63, 3.8) is 0 Å². The molecule has 0 saturated carbocycles. The van der Waals surface area contributed by atoms with Gasteiger partial charge >= 0.3 is 11.9 Å². The fourth-order valence-electron chi connectivity index (χ4n) is 3.27. The Balaban J connectivity index is 3.18. The summed E-state index contributed by atoms with van der Waals surface area (Å²) in [6.45, 7) is 7.21. The van der Waals surface area contributed by atoms with E-state index in [0.717, 1.165) is 0 Å². The summed E-state index contributed by atoms with van der Waals surface area (Å²) in [5, 5.41) is 35.1. The average molecular weight is 509 g/mol. The number of carbonyl (C=O) groups is 5. The molecule has 0 radical (unpaired) electrons. The number of hydrogen-bond acceptors (Lipinski definition) is 7. The van der Waals surface area contributed by atoms with Gasteiger partial charge in [0, 0.05) is 6.42 Å². The minimum atomic E-state index is -1.72. The van der Waals surface area contributed by atoms with Gasteiger partial charge in [-0.25, -0.2) is 4.79 Å². The lowest BCUT2D eigenvalue weighted by atomic mass is 9.99. The zero-order chi connectivity index (χ0) is 27.6. The average Bonchev–Trinajstić information content (AvgIpc) is 2.77. The highest BCUT2D eigenvalue weighted by Crippen LogP contribution is 2.13. The Hall–Kier alpha value is -3.67. The second-order valence-electron chi connectivity index (χ2n) is 9.39. The fraction of sp³-hybridized carbons (Fsp3) is 0.542. The summed E-state index contributed by atoms with van der Waals surface area (Å²) in [5.74, 6) is -5.31. The molecule has 0 aliphatic carbocycles. The van der Waals surface area contributed by atoms with Crippen molar-refractivity contribution in [2.75, 3.05) is 0 Å². The molecular weight excluding hydrogens is 472 g/mol. The highest BCUT2D eigenvalue weighted by Gasteiger charge is 2.32. The van der Waals surface area contributed by atoms with Crippen molar-refractivity contribution >= 4 is 29.7 Å². The van der Waals surface area contributed by atoms with Crippen molar-refractivity contribution in [1.82, 2.24) is 16.0 Å². The van der Waals surface area contributed by atoms with Crippen LogP contribution in [-0.4, -0.2) is 69.1 Å². The highest BCUT2D eigenvalue weighted by atomic mass is 16.4. The first-order chi connectivity index (χ1) is 16.7. The van der Waals surface area contributed by atoms with E-state index >= 15 is 0 Å². The third kappa shape index (κ3) is 10.3. The van der Waals surface area contributed by atoms with Crippen LogP contribution in [0.1, 0.15) is 46.1 Å². The lowest BCUT2D eigenvalue weighted by Gasteiger charge is -2.26. The number of aromatic hydroxyl groups is 1. The number of phenols is 1. The third-order valence-corrected chi connectivity index (χ3v) is 5.36. The van der Waals surface area contributed by atoms with Gasteiger partial charge in [0.15, 0.2) is 0 Å². The number of benzene rings is 1. The van der Waals surface area contributed by atoms with Crippen molar-refractivity contribution in [1.29, 1.82) is 0 Å². The zero-order valence-electron chi connectivity index (χ0n) is 20.9. The van der Waals surface area contributed by atoms with Crippen LogP contribution >= 0.6 is 0 Å². The highest BCUT2D eigenvalue weighted by molar-refractivity contribution is 5.94. The number of carboxylic acids is 2. The quantitative estimate of drug-likeness (QED) is 0.180. The monoisotopic (exact) mass is 508 g/mol. The van der Waals surface area contributed by atoms with E-state index in [-0.39, 0.29) is 30.4 Å². The molecule has 0 saturated heterocycles. The SMILES string of the molecule is CC(C)CC(NC(=O)C(N)C(C)C)C(=O)NC(Cc1ccc(O)cc1)C(=O)NC(CC(=O)O)C(=O)O. The van der Waals surface area contributed by atoms with Crippen LogP contribution in [0.5, 0.6) is 5.75 Å². The molecule has 12 heteroatoms. The molecule has 3 amide bonds. The summed E-state index contributed by atoms with van der Waals surface area (Å²) in [6.07, 6.45) is -0.710. The van der Waals surface area contributed by atoms with Crippen LogP contribution in [0.2, 0.25) is 0 Å². The van der Waals surface area contributed by atoms with E-state index in [4.69, 9.17) is 10.8 Å². The Bertz CT molecular complexity index is 933. The third-order valence-electron chi connectivity index (χ3n) is 5.36. The normalized spacial score (nSPS) is 14.4. The molecule has 8 N–H and O–H groups in total. The number of nitrogens with two attached hydrogens (primary N) is 1. The largest absolute Gasteiger partial charge is 0.508 e. The second kappa shape index (κ2) is 14.0. The Morgan fingerprint density at radius 2 is 1.31 bits per heavy atom. The number of nitrogens with one attached hydrogen (secondary N) is 3. The molecule has 0 heterocycles. The predicted octanol–water partition coefficient (Wildman–Crippen LogP) is -0.0222. The number of carboxylic acid groups (broad SMARTS) is 2.